The van der Waals surface area contributed by atoms with Crippen molar-refractivity contribution in [3.05, 3.63) is 40.2 Å². The number of nitrogen functional groups attached to an aromatic ring is 1. The predicted molar refractivity (Wildman–Crippen MR) is 108 cm³/mol. The molecule has 29 heavy (non-hydrogen) atoms. The van der Waals surface area contributed by atoms with Crippen molar-refractivity contribution in [1.29, 1.82) is 0 Å². The van der Waals surface area contributed by atoms with E-state index in [-0.39, 0.29) is 29.1 Å². The van der Waals surface area contributed by atoms with Crippen molar-refractivity contribution in [1.82, 2.24) is 14.3 Å². The van der Waals surface area contributed by atoms with E-state index in [0.29, 0.717) is 18.6 Å². The average molecular weight is 405 g/mol. The van der Waals surface area contributed by atoms with Gasteiger partial charge in [-0.1, -0.05) is 13.8 Å². The molecule has 1 aliphatic heterocycles. The first kappa shape index (κ1) is 20.3. The lowest BCUT2D eigenvalue weighted by Gasteiger charge is -2.25. The number of ether oxygens (including phenoxy) is 1. The number of aromatic nitrogens is 3. The third-order valence-electron chi connectivity index (χ3n) is 4.63. The first-order valence-corrected chi connectivity index (χ1v) is 9.46. The van der Waals surface area contributed by atoms with Crippen LogP contribution >= 0.6 is 0 Å². The minimum absolute atomic E-state index is 0.0861. The number of nitrogens with two attached hydrogens (primary N) is 1. The van der Waals surface area contributed by atoms with Crippen molar-refractivity contribution >= 4 is 28.2 Å². The molecule has 0 bridgehead atoms. The van der Waals surface area contributed by atoms with E-state index in [4.69, 9.17) is 10.5 Å². The van der Waals surface area contributed by atoms with Gasteiger partial charge in [0.1, 0.15) is 17.9 Å². The number of hydrogen-bond acceptors (Lipinski definition) is 5. The van der Waals surface area contributed by atoms with Gasteiger partial charge in [-0.2, -0.15) is 0 Å². The molecule has 3 heterocycles. The molecule has 9 nitrogen and oxygen atoms in total. The number of halogens is 1. The molecule has 0 amide bonds. The Hall–Kier alpha value is -3.43. The lowest BCUT2D eigenvalue weighted by atomic mass is 10.1. The normalized spacial score (nSPS) is 12.2. The molecular formula is C19H24FN5O4. The molecule has 0 aliphatic carbocycles. The average Bonchev–Trinajstić information content (AvgIpc) is 2.68. The van der Waals surface area contributed by atoms with Gasteiger partial charge in [-0.05, 0) is 6.42 Å². The highest BCUT2D eigenvalue weighted by molar-refractivity contribution is 6.03. The van der Waals surface area contributed by atoms with Crippen molar-refractivity contribution < 1.29 is 19.0 Å². The Morgan fingerprint density at radius 1 is 1.45 bits per heavy atom. The smallest absolute Gasteiger partial charge is 0.341 e. The van der Waals surface area contributed by atoms with Gasteiger partial charge in [0.15, 0.2) is 11.6 Å². The van der Waals surface area contributed by atoms with E-state index in [0.717, 1.165) is 13.0 Å². The molecule has 0 saturated heterocycles. The Morgan fingerprint density at radius 2 is 2.17 bits per heavy atom. The van der Waals surface area contributed by atoms with E-state index >= 15 is 0 Å². The molecule has 4 rings (SSSR count). The van der Waals surface area contributed by atoms with E-state index in [2.05, 4.69) is 10.4 Å². The molecular weight excluding hydrogens is 381 g/mol. The number of hydrogen-bond donors (Lipinski definition) is 4. The fraction of sp³-hybridized carbons (Fsp3) is 0.368. The van der Waals surface area contributed by atoms with Crippen LogP contribution < -0.4 is 21.2 Å². The second-order valence-electron chi connectivity index (χ2n) is 6.29. The van der Waals surface area contributed by atoms with Crippen LogP contribution in [0.3, 0.4) is 0 Å². The zero-order chi connectivity index (χ0) is 21.1. The van der Waals surface area contributed by atoms with E-state index < -0.39 is 22.8 Å². The summed E-state index contributed by atoms with van der Waals surface area (Å²) in [6.07, 6.45) is 5.67. The number of nitrogens with one attached hydrogen (secondary N) is 2. The molecule has 0 fully saturated rings. The molecule has 1 aromatic carbocycles. The largest absolute Gasteiger partial charge is 0.487 e. The number of benzene rings is 1. The standard InChI is InChI=1S/C17H18FN5O4.C2H6/c18-11-12(19)10-14-16(13(11)20-2-1-4-23-5-3-21-23)27-7-6-22(14)8-9(15(10)24)17(25)26;1-2/h3,5,8,20-21H,1-2,4,6-7,19H2,(H,25,26);1-2H3. The molecule has 0 saturated carbocycles. The first-order chi connectivity index (χ1) is 14.0. The first-order valence-electron chi connectivity index (χ1n) is 9.46. The molecule has 10 heteroatoms. The summed E-state index contributed by atoms with van der Waals surface area (Å²) in [5.41, 5.74) is 4.63. The summed E-state index contributed by atoms with van der Waals surface area (Å²) < 4.78 is 24.0. The van der Waals surface area contributed by atoms with Crippen LogP contribution in [0.2, 0.25) is 0 Å². The Balaban J connectivity index is 0.00000117. The zero-order valence-electron chi connectivity index (χ0n) is 16.3. The third-order valence-corrected chi connectivity index (χ3v) is 4.63. The van der Waals surface area contributed by atoms with Crippen molar-refractivity contribution in [2.45, 2.75) is 33.4 Å². The summed E-state index contributed by atoms with van der Waals surface area (Å²) in [6.45, 7) is 5.75. The van der Waals surface area contributed by atoms with Gasteiger partial charge in [-0.15, -0.1) is 0 Å². The highest BCUT2D eigenvalue weighted by atomic mass is 19.1. The molecule has 156 valence electrons. The molecule has 2 aromatic heterocycles. The van der Waals surface area contributed by atoms with E-state index in [9.17, 15) is 19.1 Å². The van der Waals surface area contributed by atoms with Crippen molar-refractivity contribution in [2.75, 3.05) is 24.2 Å². The van der Waals surface area contributed by atoms with Crippen LogP contribution in [0.25, 0.3) is 10.9 Å². The number of aromatic carboxylic acids is 1. The van der Waals surface area contributed by atoms with Gasteiger partial charge in [-0.3, -0.25) is 9.48 Å². The molecule has 0 spiro atoms. The second-order valence-corrected chi connectivity index (χ2v) is 6.29. The van der Waals surface area contributed by atoms with Crippen molar-refractivity contribution in [3.8, 4) is 5.75 Å². The monoisotopic (exact) mass is 405 g/mol. The maximum Gasteiger partial charge on any atom is 0.341 e. The summed E-state index contributed by atoms with van der Waals surface area (Å²) in [5, 5.41) is 15.1. The van der Waals surface area contributed by atoms with Crippen LogP contribution in [-0.2, 0) is 13.1 Å². The lowest BCUT2D eigenvalue weighted by Crippen LogP contribution is -2.26. The number of anilines is 2. The fourth-order valence-corrected chi connectivity index (χ4v) is 3.28. The van der Waals surface area contributed by atoms with Gasteiger partial charge in [0, 0.05) is 31.7 Å². The van der Waals surface area contributed by atoms with Crippen LogP contribution in [-0.4, -0.2) is 38.6 Å². The van der Waals surface area contributed by atoms with Crippen LogP contribution in [0.4, 0.5) is 15.8 Å². The van der Waals surface area contributed by atoms with E-state index in [1.807, 2.05) is 24.7 Å². The number of nitrogens with zero attached hydrogens (tertiary/aromatic N) is 2. The zero-order valence-corrected chi connectivity index (χ0v) is 16.3. The minimum atomic E-state index is -1.38. The molecule has 1 aliphatic rings. The van der Waals surface area contributed by atoms with Gasteiger partial charge in [0.05, 0.1) is 23.1 Å². The summed E-state index contributed by atoms with van der Waals surface area (Å²) >= 11 is 0. The summed E-state index contributed by atoms with van der Waals surface area (Å²) in [4.78, 5) is 23.9. The van der Waals surface area contributed by atoms with Crippen LogP contribution in [0.5, 0.6) is 5.75 Å². The number of aryl methyl sites for hydroxylation is 1. The molecule has 3 aromatic rings. The van der Waals surface area contributed by atoms with Gasteiger partial charge in [0.25, 0.3) is 0 Å². The SMILES string of the molecule is CC.Nc1c(F)c(NCCCn2cc[nH]2)c2c3c1c(=O)c(C(=O)O)cn3CCO2. The molecule has 5 N–H and O–H groups in total. The Kier molecular flexibility index (Phi) is 5.81. The number of H-pyrrole nitrogens is 1. The van der Waals surface area contributed by atoms with Crippen LogP contribution in [0.1, 0.15) is 30.6 Å². The van der Waals surface area contributed by atoms with Gasteiger partial charge >= 0.3 is 5.97 Å². The van der Waals surface area contributed by atoms with E-state index in [1.54, 1.807) is 10.8 Å². The summed E-state index contributed by atoms with van der Waals surface area (Å²) in [7, 11) is 0. The maximum absolute atomic E-state index is 14.9. The topological polar surface area (TPSA) is 127 Å². The number of carboxylic acid groups (broad SMARTS) is 1. The molecule has 0 atom stereocenters. The number of carbonyl (C=O) groups is 1. The van der Waals surface area contributed by atoms with Crippen molar-refractivity contribution in [2.24, 2.45) is 0 Å². The summed E-state index contributed by atoms with van der Waals surface area (Å²) in [5.74, 6) is -2.01. The van der Waals surface area contributed by atoms with E-state index in [1.165, 1.54) is 6.20 Å². The van der Waals surface area contributed by atoms with Crippen molar-refractivity contribution in [3.63, 3.8) is 0 Å². The fourth-order valence-electron chi connectivity index (χ4n) is 3.28. The van der Waals surface area contributed by atoms with Crippen LogP contribution in [0, 0.1) is 5.82 Å². The van der Waals surface area contributed by atoms with Gasteiger partial charge in [-0.25, -0.2) is 9.18 Å². The van der Waals surface area contributed by atoms with Crippen LogP contribution in [0.15, 0.2) is 23.4 Å². The minimum Gasteiger partial charge on any atom is -0.487 e. The number of carboxylic acids is 1. The highest BCUT2D eigenvalue weighted by Gasteiger charge is 2.28. The number of pyridine rings is 1. The number of rotatable bonds is 6. The Labute approximate surface area is 165 Å². The summed E-state index contributed by atoms with van der Waals surface area (Å²) in [6, 6.07) is 0. The molecule has 0 radical (unpaired) electrons. The lowest BCUT2D eigenvalue weighted by molar-refractivity contribution is 0.0694. The quantitative estimate of drug-likeness (QED) is 0.369. The third kappa shape index (κ3) is 3.53. The van der Waals surface area contributed by atoms with Gasteiger partial charge < -0.3 is 30.6 Å². The number of aromatic amines is 1. The molecule has 0 unspecified atom stereocenters. The predicted octanol–water partition coefficient (Wildman–Crippen LogP) is 2.47. The second kappa shape index (κ2) is 8.29. The van der Waals surface area contributed by atoms with Gasteiger partial charge in [0.2, 0.25) is 5.43 Å². The Bertz CT molecular complexity index is 1090. The maximum atomic E-state index is 14.9. The Morgan fingerprint density at radius 3 is 2.79 bits per heavy atom. The highest BCUT2D eigenvalue weighted by Crippen LogP contribution is 2.41.